The van der Waals surface area contributed by atoms with Crippen molar-refractivity contribution in [1.82, 2.24) is 0 Å². The molecule has 0 aliphatic carbocycles. The molecular weight excluding hydrogens is 172 g/mol. The van der Waals surface area contributed by atoms with Crippen molar-refractivity contribution in [2.45, 2.75) is 0 Å². The van der Waals surface area contributed by atoms with Gasteiger partial charge < -0.3 is 14.6 Å². The molecule has 68 valence electrons. The van der Waals surface area contributed by atoms with Crippen LogP contribution in [0.25, 0.3) is 0 Å². The summed E-state index contributed by atoms with van der Waals surface area (Å²) >= 11 is 0. The lowest BCUT2D eigenvalue weighted by Crippen LogP contribution is -2.31. The molecular formula is C9H7O4-. The number of ketones is 1. The summed E-state index contributed by atoms with van der Waals surface area (Å²) in [6, 6.07) is 5.89. The highest BCUT2D eigenvalue weighted by Gasteiger charge is 2.06. The van der Waals surface area contributed by atoms with Crippen molar-refractivity contribution < 1.29 is 19.4 Å². The van der Waals surface area contributed by atoms with E-state index in [0.29, 0.717) is 5.75 Å². The van der Waals surface area contributed by atoms with Crippen LogP contribution in [0.1, 0.15) is 10.4 Å². The fourth-order valence-electron chi connectivity index (χ4n) is 0.882. The number of carboxylic acids is 1. The van der Waals surface area contributed by atoms with Crippen LogP contribution in [0.3, 0.4) is 0 Å². The number of carbonyl (C=O) groups is 2. The van der Waals surface area contributed by atoms with Crippen LogP contribution >= 0.6 is 0 Å². The Balaban J connectivity index is 3.02. The Hall–Kier alpha value is -1.84. The molecule has 0 bridgehead atoms. The third kappa shape index (κ3) is 2.05. The minimum absolute atomic E-state index is 0.0550. The maximum atomic E-state index is 10.9. The number of ether oxygens (including phenoxy) is 1. The highest BCUT2D eigenvalue weighted by atomic mass is 16.5. The van der Waals surface area contributed by atoms with E-state index >= 15 is 0 Å². The van der Waals surface area contributed by atoms with Crippen molar-refractivity contribution in [3.63, 3.8) is 0 Å². The minimum Gasteiger partial charge on any atom is -0.541 e. The summed E-state index contributed by atoms with van der Waals surface area (Å²) in [7, 11) is 1.43. The van der Waals surface area contributed by atoms with Gasteiger partial charge in [0.1, 0.15) is 11.7 Å². The van der Waals surface area contributed by atoms with Gasteiger partial charge >= 0.3 is 0 Å². The van der Waals surface area contributed by atoms with Crippen LogP contribution in [-0.2, 0) is 4.79 Å². The number of Topliss-reactive ketones (excluding diaryl/α,β-unsaturated/α-hetero) is 1. The van der Waals surface area contributed by atoms with Crippen LogP contribution < -0.4 is 9.84 Å². The molecule has 1 rings (SSSR count). The fraction of sp³-hybridized carbons (Fsp3) is 0.111. The lowest BCUT2D eigenvalue weighted by Gasteiger charge is -2.03. The molecule has 0 aliphatic rings. The Labute approximate surface area is 74.8 Å². The molecule has 0 radical (unpaired) electrons. The van der Waals surface area contributed by atoms with Crippen LogP contribution in [0.2, 0.25) is 0 Å². The molecule has 0 fully saturated rings. The molecule has 0 spiro atoms. The second kappa shape index (κ2) is 3.71. The first kappa shape index (κ1) is 9.25. The molecule has 1 aromatic carbocycles. The van der Waals surface area contributed by atoms with Crippen LogP contribution in [-0.4, -0.2) is 18.9 Å². The molecule has 0 saturated heterocycles. The number of carboxylic acid groups (broad SMARTS) is 1. The Morgan fingerprint density at radius 2 is 2.08 bits per heavy atom. The average Bonchev–Trinajstić information content (AvgIpc) is 2.16. The van der Waals surface area contributed by atoms with E-state index in [-0.39, 0.29) is 5.56 Å². The molecule has 0 heterocycles. The van der Waals surface area contributed by atoms with Gasteiger partial charge in [0, 0.05) is 5.56 Å². The monoisotopic (exact) mass is 179 g/mol. The van der Waals surface area contributed by atoms with Crippen LogP contribution in [0.15, 0.2) is 24.3 Å². The Bertz CT molecular complexity index is 343. The van der Waals surface area contributed by atoms with E-state index in [2.05, 4.69) is 0 Å². The van der Waals surface area contributed by atoms with Gasteiger partial charge in [-0.2, -0.15) is 0 Å². The summed E-state index contributed by atoms with van der Waals surface area (Å²) in [5.74, 6) is -2.32. The standard InChI is InChI=1S/C9H8O4/c1-13-7-4-2-3-6(5-7)8(10)9(11)12/h2-5H,1H3,(H,11,12)/p-1. The van der Waals surface area contributed by atoms with Crippen LogP contribution in [0, 0.1) is 0 Å². The molecule has 0 aliphatic heterocycles. The topological polar surface area (TPSA) is 66.4 Å². The number of carbonyl (C=O) groups excluding carboxylic acids is 2. The largest absolute Gasteiger partial charge is 0.541 e. The zero-order chi connectivity index (χ0) is 9.84. The van der Waals surface area contributed by atoms with Gasteiger partial charge in [0.25, 0.3) is 0 Å². The summed E-state index contributed by atoms with van der Waals surface area (Å²) in [4.78, 5) is 21.1. The number of benzene rings is 1. The highest BCUT2D eigenvalue weighted by molar-refractivity contribution is 6.39. The van der Waals surface area contributed by atoms with Crippen molar-refractivity contribution >= 4 is 11.8 Å². The van der Waals surface area contributed by atoms with Crippen molar-refractivity contribution in [3.8, 4) is 5.75 Å². The molecule has 0 unspecified atom stereocenters. The van der Waals surface area contributed by atoms with Gasteiger partial charge in [0.2, 0.25) is 5.78 Å². The van der Waals surface area contributed by atoms with E-state index in [4.69, 9.17) is 4.74 Å². The molecule has 0 aromatic heterocycles. The van der Waals surface area contributed by atoms with Gasteiger partial charge in [-0.3, -0.25) is 4.79 Å². The number of rotatable bonds is 3. The van der Waals surface area contributed by atoms with E-state index < -0.39 is 11.8 Å². The van der Waals surface area contributed by atoms with Crippen molar-refractivity contribution in [2.75, 3.05) is 7.11 Å². The SMILES string of the molecule is COc1cccc(C(=O)C(=O)[O-])c1. The molecule has 0 amide bonds. The fourth-order valence-corrected chi connectivity index (χ4v) is 0.882. The first-order valence-corrected chi connectivity index (χ1v) is 3.55. The number of methoxy groups -OCH3 is 1. The minimum atomic E-state index is -1.71. The lowest BCUT2D eigenvalue weighted by atomic mass is 10.1. The van der Waals surface area contributed by atoms with E-state index in [9.17, 15) is 14.7 Å². The van der Waals surface area contributed by atoms with Crippen LogP contribution in [0.4, 0.5) is 0 Å². The second-order valence-corrected chi connectivity index (χ2v) is 2.35. The first-order chi connectivity index (χ1) is 6.15. The van der Waals surface area contributed by atoms with Gasteiger partial charge in [-0.1, -0.05) is 12.1 Å². The van der Waals surface area contributed by atoms with Gasteiger partial charge in [-0.15, -0.1) is 0 Å². The van der Waals surface area contributed by atoms with Gasteiger partial charge in [-0.25, -0.2) is 0 Å². The predicted octanol–water partition coefficient (Wildman–Crippen LogP) is -0.372. The van der Waals surface area contributed by atoms with E-state index in [1.54, 1.807) is 6.07 Å². The Morgan fingerprint density at radius 3 is 2.62 bits per heavy atom. The average molecular weight is 179 g/mol. The number of hydrogen-bond donors (Lipinski definition) is 0. The van der Waals surface area contributed by atoms with Crippen molar-refractivity contribution in [2.24, 2.45) is 0 Å². The summed E-state index contributed by atoms with van der Waals surface area (Å²) in [6.07, 6.45) is 0. The number of aliphatic carboxylic acids is 1. The molecule has 1 aromatic rings. The maximum Gasteiger partial charge on any atom is 0.208 e. The Morgan fingerprint density at radius 1 is 1.38 bits per heavy atom. The molecule has 13 heavy (non-hydrogen) atoms. The zero-order valence-corrected chi connectivity index (χ0v) is 6.94. The third-order valence-electron chi connectivity index (χ3n) is 1.52. The second-order valence-electron chi connectivity index (χ2n) is 2.35. The zero-order valence-electron chi connectivity index (χ0n) is 6.94. The van der Waals surface area contributed by atoms with E-state index in [1.165, 1.54) is 25.3 Å². The van der Waals surface area contributed by atoms with Crippen molar-refractivity contribution in [3.05, 3.63) is 29.8 Å². The first-order valence-electron chi connectivity index (χ1n) is 3.55. The summed E-state index contributed by atoms with van der Waals surface area (Å²) in [5, 5.41) is 10.2. The third-order valence-corrected chi connectivity index (χ3v) is 1.52. The number of hydrogen-bond acceptors (Lipinski definition) is 4. The quantitative estimate of drug-likeness (QED) is 0.469. The smallest absolute Gasteiger partial charge is 0.208 e. The molecule has 0 N–H and O–H groups in total. The van der Waals surface area contributed by atoms with Crippen LogP contribution in [0.5, 0.6) is 5.75 Å². The lowest BCUT2D eigenvalue weighted by molar-refractivity contribution is -0.296. The maximum absolute atomic E-state index is 10.9. The highest BCUT2D eigenvalue weighted by Crippen LogP contribution is 2.12. The molecule has 4 nitrogen and oxygen atoms in total. The normalized spacial score (nSPS) is 9.31. The molecule has 0 saturated carbocycles. The summed E-state index contributed by atoms with van der Waals surface area (Å²) in [6.45, 7) is 0. The van der Waals surface area contributed by atoms with Gasteiger partial charge in [0.05, 0.1) is 7.11 Å². The molecule has 0 atom stereocenters. The van der Waals surface area contributed by atoms with E-state index in [1.807, 2.05) is 0 Å². The van der Waals surface area contributed by atoms with Crippen molar-refractivity contribution in [1.29, 1.82) is 0 Å². The van der Waals surface area contributed by atoms with E-state index in [0.717, 1.165) is 0 Å². The molecule has 4 heteroatoms. The predicted molar refractivity (Wildman–Crippen MR) is 42.3 cm³/mol. The van der Waals surface area contributed by atoms with Gasteiger partial charge in [-0.05, 0) is 12.1 Å². The Kier molecular flexibility index (Phi) is 2.64. The summed E-state index contributed by atoms with van der Waals surface area (Å²) in [5.41, 5.74) is 0.0550. The summed E-state index contributed by atoms with van der Waals surface area (Å²) < 4.78 is 4.82. The van der Waals surface area contributed by atoms with Gasteiger partial charge in [0.15, 0.2) is 0 Å².